The lowest BCUT2D eigenvalue weighted by Gasteiger charge is -2.29. The average molecular weight is 305 g/mol. The van der Waals surface area contributed by atoms with Gasteiger partial charge in [0.1, 0.15) is 0 Å². The maximum Gasteiger partial charge on any atom is 0.236 e. The number of hydrogen-bond donors (Lipinski definition) is 1. The van der Waals surface area contributed by atoms with Crippen LogP contribution >= 0.6 is 23.7 Å². The van der Waals surface area contributed by atoms with Gasteiger partial charge in [0.25, 0.3) is 0 Å². The molecule has 5 nitrogen and oxygen atoms in total. The first kappa shape index (κ1) is 16.4. The van der Waals surface area contributed by atoms with E-state index in [1.54, 1.807) is 11.3 Å². The standard InChI is InChI=1S/C12H20N4OS.ClH/c1-10-14-7-11(18-10)8-15(2)9-12(17)16-5-3-13-4-6-16;/h7,13H,3-6,8-9H2,1-2H3;1H. The zero-order chi connectivity index (χ0) is 13.0. The van der Waals surface area contributed by atoms with Crippen molar-refractivity contribution >= 4 is 29.7 Å². The van der Waals surface area contributed by atoms with Crippen molar-refractivity contribution in [2.75, 3.05) is 39.8 Å². The fourth-order valence-corrected chi connectivity index (χ4v) is 2.92. The zero-order valence-corrected chi connectivity index (χ0v) is 13.0. The molecule has 1 aromatic rings. The lowest BCUT2D eigenvalue weighted by molar-refractivity contribution is -0.132. The van der Waals surface area contributed by atoms with Crippen LogP contribution in [0.25, 0.3) is 0 Å². The first-order chi connectivity index (χ1) is 8.65. The summed E-state index contributed by atoms with van der Waals surface area (Å²) in [6.07, 6.45) is 1.89. The average Bonchev–Trinajstić information content (AvgIpc) is 2.75. The SMILES string of the molecule is Cc1ncc(CN(C)CC(=O)N2CCNCC2)s1.Cl. The second-order valence-corrected chi connectivity index (χ2v) is 5.97. The number of nitrogens with one attached hydrogen (secondary N) is 1. The topological polar surface area (TPSA) is 48.5 Å². The van der Waals surface area contributed by atoms with Crippen molar-refractivity contribution in [3.8, 4) is 0 Å². The van der Waals surface area contributed by atoms with Crippen molar-refractivity contribution in [2.45, 2.75) is 13.5 Å². The maximum atomic E-state index is 12.0. The molecule has 0 radical (unpaired) electrons. The van der Waals surface area contributed by atoms with Crippen molar-refractivity contribution in [2.24, 2.45) is 0 Å². The van der Waals surface area contributed by atoms with Gasteiger partial charge in [0.05, 0.1) is 11.6 Å². The largest absolute Gasteiger partial charge is 0.339 e. The number of nitrogens with zero attached hydrogens (tertiary/aromatic N) is 3. The summed E-state index contributed by atoms with van der Waals surface area (Å²) in [5.74, 6) is 0.222. The number of carbonyl (C=O) groups is 1. The van der Waals surface area contributed by atoms with Crippen LogP contribution < -0.4 is 5.32 Å². The number of piperazine rings is 1. The monoisotopic (exact) mass is 304 g/mol. The van der Waals surface area contributed by atoms with E-state index in [4.69, 9.17) is 0 Å². The fourth-order valence-electron chi connectivity index (χ4n) is 2.05. The lowest BCUT2D eigenvalue weighted by atomic mass is 10.3. The highest BCUT2D eigenvalue weighted by Crippen LogP contribution is 2.13. The van der Waals surface area contributed by atoms with Gasteiger partial charge in [-0.2, -0.15) is 0 Å². The Kier molecular flexibility index (Phi) is 6.71. The number of likely N-dealkylation sites (N-methyl/N-ethyl adjacent to an activating group) is 1. The smallest absolute Gasteiger partial charge is 0.236 e. The first-order valence-electron chi connectivity index (χ1n) is 6.23. The minimum atomic E-state index is 0. The third-order valence-electron chi connectivity index (χ3n) is 2.97. The number of amides is 1. The predicted octanol–water partition coefficient (Wildman–Crippen LogP) is 0.737. The highest BCUT2D eigenvalue weighted by atomic mass is 35.5. The molecular weight excluding hydrogens is 284 g/mol. The molecule has 0 saturated carbocycles. The Morgan fingerprint density at radius 1 is 1.53 bits per heavy atom. The Bertz CT molecular complexity index is 406. The Morgan fingerprint density at radius 2 is 2.21 bits per heavy atom. The van der Waals surface area contributed by atoms with Gasteiger partial charge >= 0.3 is 0 Å². The number of halogens is 1. The number of aryl methyl sites for hydroxylation is 1. The zero-order valence-electron chi connectivity index (χ0n) is 11.4. The summed E-state index contributed by atoms with van der Waals surface area (Å²) in [6, 6.07) is 0. The van der Waals surface area contributed by atoms with Gasteiger partial charge in [0.15, 0.2) is 0 Å². The summed E-state index contributed by atoms with van der Waals surface area (Å²) in [7, 11) is 1.98. The van der Waals surface area contributed by atoms with Crippen molar-refractivity contribution in [1.82, 2.24) is 20.1 Å². The van der Waals surface area contributed by atoms with Crippen LogP contribution in [-0.2, 0) is 11.3 Å². The molecule has 0 aliphatic carbocycles. The van der Waals surface area contributed by atoms with E-state index in [-0.39, 0.29) is 18.3 Å². The van der Waals surface area contributed by atoms with Crippen LogP contribution in [0.5, 0.6) is 0 Å². The molecule has 7 heteroatoms. The van der Waals surface area contributed by atoms with E-state index >= 15 is 0 Å². The van der Waals surface area contributed by atoms with E-state index in [0.717, 1.165) is 37.7 Å². The molecule has 1 fully saturated rings. The molecule has 1 aromatic heterocycles. The van der Waals surface area contributed by atoms with Crippen LogP contribution in [0.15, 0.2) is 6.20 Å². The molecule has 0 unspecified atom stereocenters. The molecule has 19 heavy (non-hydrogen) atoms. The van der Waals surface area contributed by atoms with Crippen molar-refractivity contribution < 1.29 is 4.79 Å². The summed E-state index contributed by atoms with van der Waals surface area (Å²) in [6.45, 7) is 6.74. The summed E-state index contributed by atoms with van der Waals surface area (Å²) < 4.78 is 0. The van der Waals surface area contributed by atoms with Crippen LogP contribution in [-0.4, -0.2) is 60.5 Å². The number of thiazole rings is 1. The third-order valence-corrected chi connectivity index (χ3v) is 3.87. The maximum absolute atomic E-state index is 12.0. The second-order valence-electron chi connectivity index (χ2n) is 4.65. The van der Waals surface area contributed by atoms with Gasteiger partial charge < -0.3 is 10.2 Å². The van der Waals surface area contributed by atoms with Gasteiger partial charge in [-0.3, -0.25) is 9.69 Å². The van der Waals surface area contributed by atoms with E-state index < -0.39 is 0 Å². The quantitative estimate of drug-likeness (QED) is 0.891. The van der Waals surface area contributed by atoms with Gasteiger partial charge in [-0.15, -0.1) is 23.7 Å². The van der Waals surface area contributed by atoms with Gasteiger partial charge in [0, 0.05) is 43.8 Å². The summed E-state index contributed by atoms with van der Waals surface area (Å²) in [4.78, 5) is 21.5. The lowest BCUT2D eigenvalue weighted by Crippen LogP contribution is -2.49. The van der Waals surface area contributed by atoms with Crippen molar-refractivity contribution in [3.05, 3.63) is 16.1 Å². The Balaban J connectivity index is 0.00000180. The Morgan fingerprint density at radius 3 is 2.79 bits per heavy atom. The van der Waals surface area contributed by atoms with Gasteiger partial charge in [-0.1, -0.05) is 0 Å². The molecule has 0 aromatic carbocycles. The molecule has 1 aliphatic rings. The van der Waals surface area contributed by atoms with E-state index in [1.807, 2.05) is 25.1 Å². The van der Waals surface area contributed by atoms with Crippen LogP contribution in [0.3, 0.4) is 0 Å². The summed E-state index contributed by atoms with van der Waals surface area (Å²) >= 11 is 1.69. The molecule has 2 heterocycles. The number of rotatable bonds is 4. The second kappa shape index (κ2) is 7.79. The first-order valence-corrected chi connectivity index (χ1v) is 7.05. The molecule has 1 aliphatic heterocycles. The normalized spacial score (nSPS) is 15.4. The van der Waals surface area contributed by atoms with Gasteiger partial charge in [-0.25, -0.2) is 4.98 Å². The molecule has 2 rings (SSSR count). The minimum absolute atomic E-state index is 0. The van der Waals surface area contributed by atoms with Crippen LogP contribution in [0.1, 0.15) is 9.88 Å². The molecule has 1 amide bonds. The van der Waals surface area contributed by atoms with Crippen LogP contribution in [0, 0.1) is 6.92 Å². The van der Waals surface area contributed by atoms with Crippen molar-refractivity contribution in [1.29, 1.82) is 0 Å². The van der Waals surface area contributed by atoms with Gasteiger partial charge in [0.2, 0.25) is 5.91 Å². The van der Waals surface area contributed by atoms with Crippen molar-refractivity contribution in [3.63, 3.8) is 0 Å². The predicted molar refractivity (Wildman–Crippen MR) is 79.9 cm³/mol. The molecule has 108 valence electrons. The molecule has 0 atom stereocenters. The summed E-state index contributed by atoms with van der Waals surface area (Å²) in [5.41, 5.74) is 0. The fraction of sp³-hybridized carbons (Fsp3) is 0.667. The van der Waals surface area contributed by atoms with Gasteiger partial charge in [-0.05, 0) is 14.0 Å². The van der Waals surface area contributed by atoms with Crippen LogP contribution in [0.2, 0.25) is 0 Å². The molecule has 0 spiro atoms. The third kappa shape index (κ3) is 5.06. The molecule has 1 N–H and O–H groups in total. The number of hydrogen-bond acceptors (Lipinski definition) is 5. The highest BCUT2D eigenvalue weighted by Gasteiger charge is 2.17. The number of aromatic nitrogens is 1. The van der Waals surface area contributed by atoms with Crippen LogP contribution in [0.4, 0.5) is 0 Å². The summed E-state index contributed by atoms with van der Waals surface area (Å²) in [5, 5.41) is 4.33. The van der Waals surface area contributed by atoms with E-state index in [0.29, 0.717) is 6.54 Å². The van der Waals surface area contributed by atoms with E-state index in [9.17, 15) is 4.79 Å². The molecule has 0 bridgehead atoms. The van der Waals surface area contributed by atoms with E-state index in [2.05, 4.69) is 15.2 Å². The Hall–Kier alpha value is -0.690. The minimum Gasteiger partial charge on any atom is -0.339 e. The Labute approximate surface area is 124 Å². The number of carbonyl (C=O) groups excluding carboxylic acids is 1. The molecule has 1 saturated heterocycles. The highest BCUT2D eigenvalue weighted by molar-refractivity contribution is 7.11. The van der Waals surface area contributed by atoms with E-state index in [1.165, 1.54) is 4.88 Å². The molecular formula is C12H21ClN4OS.